The SMILES string of the molecule is CCC(C)C(N)C(=O)NC(CCC(N)=O)C(=O)NC(CCSC)C(=O)NC(C(=O)O)C(C)O. The van der Waals surface area contributed by atoms with Gasteiger partial charge in [0.1, 0.15) is 12.1 Å². The van der Waals surface area contributed by atoms with E-state index in [0.717, 1.165) is 0 Å². The third-order valence-corrected chi connectivity index (χ3v) is 5.81. The Morgan fingerprint density at radius 2 is 1.45 bits per heavy atom. The molecule has 0 radical (unpaired) electrons. The lowest BCUT2D eigenvalue weighted by atomic mass is 9.98. The largest absolute Gasteiger partial charge is 0.480 e. The molecule has 0 rings (SSSR count). The lowest BCUT2D eigenvalue weighted by Gasteiger charge is -2.26. The van der Waals surface area contributed by atoms with Gasteiger partial charge in [0.05, 0.1) is 12.1 Å². The van der Waals surface area contributed by atoms with E-state index in [1.165, 1.54) is 18.7 Å². The van der Waals surface area contributed by atoms with Crippen molar-refractivity contribution in [3.05, 3.63) is 0 Å². The summed E-state index contributed by atoms with van der Waals surface area (Å²) < 4.78 is 0. The fourth-order valence-corrected chi connectivity index (χ4v) is 3.23. The second-order valence-corrected chi connectivity index (χ2v) is 8.87. The predicted molar refractivity (Wildman–Crippen MR) is 124 cm³/mol. The van der Waals surface area contributed by atoms with Gasteiger partial charge in [0.2, 0.25) is 23.6 Å². The van der Waals surface area contributed by atoms with Gasteiger partial charge >= 0.3 is 5.97 Å². The minimum Gasteiger partial charge on any atom is -0.480 e. The van der Waals surface area contributed by atoms with Crippen molar-refractivity contribution in [3.63, 3.8) is 0 Å². The highest BCUT2D eigenvalue weighted by Gasteiger charge is 2.32. The van der Waals surface area contributed by atoms with Crippen LogP contribution in [0, 0.1) is 5.92 Å². The van der Waals surface area contributed by atoms with Crippen molar-refractivity contribution in [2.45, 2.75) is 76.7 Å². The first-order valence-corrected chi connectivity index (χ1v) is 12.1. The summed E-state index contributed by atoms with van der Waals surface area (Å²) in [5.41, 5.74) is 11.1. The minimum absolute atomic E-state index is 0.109. The Morgan fingerprint density at radius 3 is 1.91 bits per heavy atom. The van der Waals surface area contributed by atoms with Gasteiger partial charge < -0.3 is 37.6 Å². The van der Waals surface area contributed by atoms with Crippen molar-refractivity contribution in [3.8, 4) is 0 Å². The molecule has 13 heteroatoms. The smallest absolute Gasteiger partial charge is 0.328 e. The van der Waals surface area contributed by atoms with Gasteiger partial charge in [-0.15, -0.1) is 0 Å². The summed E-state index contributed by atoms with van der Waals surface area (Å²) in [4.78, 5) is 60.6. The molecule has 6 unspecified atom stereocenters. The van der Waals surface area contributed by atoms with Crippen molar-refractivity contribution >= 4 is 41.4 Å². The Kier molecular flexibility index (Phi) is 14.3. The lowest BCUT2D eigenvalue weighted by Crippen LogP contribution is -2.58. The van der Waals surface area contributed by atoms with Crippen LogP contribution in [0.1, 0.15) is 46.5 Å². The Balaban J connectivity index is 5.55. The summed E-state index contributed by atoms with van der Waals surface area (Å²) in [6.45, 7) is 4.86. The third-order valence-electron chi connectivity index (χ3n) is 5.16. The van der Waals surface area contributed by atoms with Crippen LogP contribution >= 0.6 is 11.8 Å². The predicted octanol–water partition coefficient (Wildman–Crippen LogP) is -1.70. The number of carbonyl (C=O) groups is 5. The molecule has 0 saturated heterocycles. The number of carboxylic acid groups (broad SMARTS) is 1. The summed E-state index contributed by atoms with van der Waals surface area (Å²) >= 11 is 1.40. The number of hydrogen-bond acceptors (Lipinski definition) is 8. The summed E-state index contributed by atoms with van der Waals surface area (Å²) in [7, 11) is 0. The van der Waals surface area contributed by atoms with Crippen LogP contribution in [0.15, 0.2) is 0 Å². The summed E-state index contributed by atoms with van der Waals surface area (Å²) in [5.74, 6) is -3.93. The number of primary amides is 1. The Labute approximate surface area is 198 Å². The standard InChI is InChI=1S/C20H37N5O7S/c1-5-10(2)15(22)19(30)24-12(6-7-14(21)27)17(28)23-13(8-9-33-4)18(29)25-16(11(3)26)20(31)32/h10-13,15-16,26H,5-9,22H2,1-4H3,(H2,21,27)(H,23,28)(H,24,30)(H,25,29)(H,31,32). The fraction of sp³-hybridized carbons (Fsp3) is 0.750. The highest BCUT2D eigenvalue weighted by molar-refractivity contribution is 7.98. The van der Waals surface area contributed by atoms with Crippen LogP contribution in [0.3, 0.4) is 0 Å². The van der Waals surface area contributed by atoms with E-state index in [1.807, 2.05) is 6.92 Å². The molecule has 6 atom stereocenters. The molecule has 0 aliphatic heterocycles. The number of aliphatic carboxylic acids is 1. The van der Waals surface area contributed by atoms with E-state index in [-0.39, 0.29) is 25.2 Å². The highest BCUT2D eigenvalue weighted by Crippen LogP contribution is 2.08. The number of carbonyl (C=O) groups excluding carboxylic acids is 4. The first-order chi connectivity index (χ1) is 15.3. The van der Waals surface area contributed by atoms with E-state index in [2.05, 4.69) is 16.0 Å². The van der Waals surface area contributed by atoms with E-state index in [4.69, 9.17) is 11.5 Å². The zero-order valence-corrected chi connectivity index (χ0v) is 20.3. The van der Waals surface area contributed by atoms with Crippen molar-refractivity contribution in [1.29, 1.82) is 0 Å². The molecule has 0 spiro atoms. The maximum Gasteiger partial charge on any atom is 0.328 e. The van der Waals surface area contributed by atoms with Crippen LogP contribution in [-0.2, 0) is 24.0 Å². The quantitative estimate of drug-likeness (QED) is 0.131. The molecular formula is C20H37N5O7S. The fourth-order valence-electron chi connectivity index (χ4n) is 2.76. The molecule has 0 saturated carbocycles. The average molecular weight is 492 g/mol. The van der Waals surface area contributed by atoms with Gasteiger partial charge in [-0.1, -0.05) is 20.3 Å². The maximum absolute atomic E-state index is 12.9. The molecule has 0 fully saturated rings. The molecule has 0 aliphatic carbocycles. The van der Waals surface area contributed by atoms with Gasteiger partial charge in [-0.2, -0.15) is 11.8 Å². The number of carboxylic acids is 1. The maximum atomic E-state index is 12.9. The molecule has 33 heavy (non-hydrogen) atoms. The number of aliphatic hydroxyl groups excluding tert-OH is 1. The zero-order valence-electron chi connectivity index (χ0n) is 19.5. The monoisotopic (exact) mass is 491 g/mol. The Bertz CT molecular complexity index is 692. The van der Waals surface area contributed by atoms with Crippen LogP contribution in [-0.4, -0.2) is 82.1 Å². The topological polar surface area (TPSA) is 214 Å². The van der Waals surface area contributed by atoms with Gasteiger partial charge in [-0.3, -0.25) is 19.2 Å². The Morgan fingerprint density at radius 1 is 0.939 bits per heavy atom. The number of amides is 4. The van der Waals surface area contributed by atoms with E-state index in [0.29, 0.717) is 12.2 Å². The molecule has 0 aromatic rings. The molecule has 0 aromatic carbocycles. The second kappa shape index (κ2) is 15.5. The molecule has 4 amide bonds. The van der Waals surface area contributed by atoms with E-state index < -0.39 is 59.9 Å². The van der Waals surface area contributed by atoms with Crippen LogP contribution in [0.4, 0.5) is 0 Å². The van der Waals surface area contributed by atoms with Crippen molar-refractivity contribution in [1.82, 2.24) is 16.0 Å². The first kappa shape index (κ1) is 30.6. The first-order valence-electron chi connectivity index (χ1n) is 10.7. The number of hydrogen-bond donors (Lipinski definition) is 7. The van der Waals surface area contributed by atoms with Crippen LogP contribution in [0.5, 0.6) is 0 Å². The molecule has 0 aliphatic rings. The molecule has 12 nitrogen and oxygen atoms in total. The zero-order chi connectivity index (χ0) is 25.7. The van der Waals surface area contributed by atoms with Crippen molar-refractivity contribution < 1.29 is 34.2 Å². The van der Waals surface area contributed by atoms with E-state index in [1.54, 1.807) is 13.2 Å². The Hall–Kier alpha value is -2.38. The summed E-state index contributed by atoms with van der Waals surface area (Å²) in [6, 6.07) is -4.76. The molecule has 0 heterocycles. The minimum atomic E-state index is -1.56. The number of thioether (sulfide) groups is 1. The molecule has 0 aromatic heterocycles. The number of nitrogens with two attached hydrogens (primary N) is 2. The van der Waals surface area contributed by atoms with E-state index in [9.17, 15) is 34.2 Å². The van der Waals surface area contributed by atoms with Crippen LogP contribution in [0.25, 0.3) is 0 Å². The third kappa shape index (κ3) is 11.3. The van der Waals surface area contributed by atoms with Gasteiger partial charge in [-0.25, -0.2) is 4.79 Å². The van der Waals surface area contributed by atoms with Crippen LogP contribution < -0.4 is 27.4 Å². The molecule has 0 bridgehead atoms. The average Bonchev–Trinajstić information content (AvgIpc) is 2.75. The van der Waals surface area contributed by atoms with Crippen molar-refractivity contribution in [2.75, 3.05) is 12.0 Å². The summed E-state index contributed by atoms with van der Waals surface area (Å²) in [6.07, 6.45) is 0.919. The second-order valence-electron chi connectivity index (χ2n) is 7.89. The number of nitrogens with one attached hydrogen (secondary N) is 3. The highest BCUT2D eigenvalue weighted by atomic mass is 32.2. The van der Waals surface area contributed by atoms with E-state index >= 15 is 0 Å². The van der Waals surface area contributed by atoms with Gasteiger partial charge in [0.25, 0.3) is 0 Å². The molecule has 190 valence electrons. The summed E-state index contributed by atoms with van der Waals surface area (Å²) in [5, 5.41) is 26.0. The van der Waals surface area contributed by atoms with Crippen LogP contribution in [0.2, 0.25) is 0 Å². The van der Waals surface area contributed by atoms with Gasteiger partial charge in [0, 0.05) is 6.42 Å². The normalized spacial score (nSPS) is 16.4. The molecular weight excluding hydrogens is 454 g/mol. The lowest BCUT2D eigenvalue weighted by molar-refractivity contribution is -0.145. The van der Waals surface area contributed by atoms with Gasteiger partial charge in [0.15, 0.2) is 6.04 Å². The number of aliphatic hydroxyl groups is 1. The van der Waals surface area contributed by atoms with Crippen molar-refractivity contribution in [2.24, 2.45) is 17.4 Å². The van der Waals surface area contributed by atoms with Gasteiger partial charge in [-0.05, 0) is 37.7 Å². The number of rotatable bonds is 16. The molecule has 9 N–H and O–H groups in total.